The second kappa shape index (κ2) is 4.47. The SMILES string of the molecule is CCc1ccc(C2CS(=O)(=O)CC(C)N2)s1. The highest BCUT2D eigenvalue weighted by molar-refractivity contribution is 7.91. The van der Waals surface area contributed by atoms with Gasteiger partial charge in [0, 0.05) is 15.8 Å². The summed E-state index contributed by atoms with van der Waals surface area (Å²) >= 11 is 1.72. The van der Waals surface area contributed by atoms with E-state index in [1.54, 1.807) is 11.3 Å². The van der Waals surface area contributed by atoms with Crippen LogP contribution in [0.25, 0.3) is 0 Å². The van der Waals surface area contributed by atoms with E-state index in [1.807, 2.05) is 6.92 Å². The molecule has 1 saturated heterocycles. The lowest BCUT2D eigenvalue weighted by molar-refractivity contribution is 0.473. The second-order valence-corrected chi connectivity index (χ2v) is 7.71. The molecule has 2 atom stereocenters. The molecule has 0 amide bonds. The van der Waals surface area contributed by atoms with Gasteiger partial charge in [-0.3, -0.25) is 0 Å². The second-order valence-electron chi connectivity index (χ2n) is 4.35. The number of hydrogen-bond donors (Lipinski definition) is 1. The highest BCUT2D eigenvalue weighted by atomic mass is 32.2. The van der Waals surface area contributed by atoms with Crippen LogP contribution in [0.1, 0.15) is 29.6 Å². The van der Waals surface area contributed by atoms with Gasteiger partial charge in [0.1, 0.15) is 0 Å². The van der Waals surface area contributed by atoms with Crippen LogP contribution in [0.2, 0.25) is 0 Å². The summed E-state index contributed by atoms with van der Waals surface area (Å²) in [6.45, 7) is 4.04. The molecule has 0 aromatic carbocycles. The Hall–Kier alpha value is -0.390. The van der Waals surface area contributed by atoms with Crippen LogP contribution >= 0.6 is 11.3 Å². The molecule has 2 heterocycles. The summed E-state index contributed by atoms with van der Waals surface area (Å²) in [4.78, 5) is 2.46. The highest BCUT2D eigenvalue weighted by Gasteiger charge is 2.30. The number of rotatable bonds is 2. The van der Waals surface area contributed by atoms with Crippen molar-refractivity contribution < 1.29 is 8.42 Å². The van der Waals surface area contributed by atoms with Crippen LogP contribution in [0.15, 0.2) is 12.1 Å². The molecule has 1 aromatic rings. The first-order valence-electron chi connectivity index (χ1n) is 5.55. The van der Waals surface area contributed by atoms with Gasteiger partial charge >= 0.3 is 0 Å². The maximum atomic E-state index is 11.7. The molecule has 1 fully saturated rings. The number of aryl methyl sites for hydroxylation is 1. The van der Waals surface area contributed by atoms with Crippen LogP contribution in [-0.4, -0.2) is 26.0 Å². The number of hydrogen-bond acceptors (Lipinski definition) is 4. The van der Waals surface area contributed by atoms with Crippen molar-refractivity contribution in [2.24, 2.45) is 0 Å². The van der Waals surface area contributed by atoms with Gasteiger partial charge in [0.2, 0.25) is 0 Å². The third kappa shape index (κ3) is 2.64. The van der Waals surface area contributed by atoms with Crippen LogP contribution in [0.4, 0.5) is 0 Å². The lowest BCUT2D eigenvalue weighted by atomic mass is 10.2. The monoisotopic (exact) mass is 259 g/mol. The lowest BCUT2D eigenvalue weighted by Crippen LogP contribution is -2.45. The number of thiophene rings is 1. The van der Waals surface area contributed by atoms with E-state index in [0.29, 0.717) is 0 Å². The van der Waals surface area contributed by atoms with E-state index in [-0.39, 0.29) is 23.6 Å². The first-order chi connectivity index (χ1) is 7.50. The van der Waals surface area contributed by atoms with E-state index >= 15 is 0 Å². The summed E-state index contributed by atoms with van der Waals surface area (Å²) in [7, 11) is -2.88. The normalized spacial score (nSPS) is 29.1. The fourth-order valence-corrected chi connectivity index (χ4v) is 4.97. The van der Waals surface area contributed by atoms with Crippen LogP contribution in [-0.2, 0) is 16.3 Å². The van der Waals surface area contributed by atoms with Crippen molar-refractivity contribution in [3.63, 3.8) is 0 Å². The van der Waals surface area contributed by atoms with Crippen molar-refractivity contribution in [2.45, 2.75) is 32.4 Å². The smallest absolute Gasteiger partial charge is 0.153 e. The minimum Gasteiger partial charge on any atom is -0.305 e. The van der Waals surface area contributed by atoms with E-state index in [2.05, 4.69) is 24.4 Å². The third-order valence-corrected chi connectivity index (χ3v) is 5.98. The van der Waals surface area contributed by atoms with E-state index in [9.17, 15) is 8.42 Å². The zero-order valence-corrected chi connectivity index (χ0v) is 11.2. The Bertz CT molecular complexity index is 464. The fourth-order valence-electron chi connectivity index (χ4n) is 2.08. The highest BCUT2D eigenvalue weighted by Crippen LogP contribution is 2.27. The molecule has 1 aliphatic rings. The summed E-state index contributed by atoms with van der Waals surface area (Å²) in [6, 6.07) is 4.18. The topological polar surface area (TPSA) is 46.2 Å². The van der Waals surface area contributed by atoms with E-state index in [0.717, 1.165) is 11.3 Å². The van der Waals surface area contributed by atoms with Crippen LogP contribution in [0.3, 0.4) is 0 Å². The average Bonchev–Trinajstić information content (AvgIpc) is 2.62. The summed E-state index contributed by atoms with van der Waals surface area (Å²) in [5, 5.41) is 3.36. The molecule has 1 aliphatic heterocycles. The molecule has 5 heteroatoms. The number of nitrogens with one attached hydrogen (secondary N) is 1. The van der Waals surface area contributed by atoms with E-state index < -0.39 is 9.84 Å². The van der Waals surface area contributed by atoms with Gasteiger partial charge in [-0.05, 0) is 25.5 Å². The first-order valence-corrected chi connectivity index (χ1v) is 8.19. The average molecular weight is 259 g/mol. The van der Waals surface area contributed by atoms with Crippen LogP contribution in [0.5, 0.6) is 0 Å². The van der Waals surface area contributed by atoms with Crippen molar-refractivity contribution in [3.8, 4) is 0 Å². The molecule has 0 radical (unpaired) electrons. The molecular weight excluding hydrogens is 242 g/mol. The summed E-state index contributed by atoms with van der Waals surface area (Å²) in [5.74, 6) is 0.497. The van der Waals surface area contributed by atoms with Crippen molar-refractivity contribution in [1.29, 1.82) is 0 Å². The Balaban J connectivity index is 2.20. The predicted octanol–water partition coefficient (Wildman–Crippen LogP) is 1.76. The molecule has 0 aliphatic carbocycles. The van der Waals surface area contributed by atoms with Crippen molar-refractivity contribution in [1.82, 2.24) is 5.32 Å². The molecule has 0 spiro atoms. The molecule has 0 bridgehead atoms. The quantitative estimate of drug-likeness (QED) is 0.880. The molecule has 1 N–H and O–H groups in total. The largest absolute Gasteiger partial charge is 0.305 e. The zero-order chi connectivity index (χ0) is 11.8. The van der Waals surface area contributed by atoms with Gasteiger partial charge in [-0.15, -0.1) is 11.3 Å². The van der Waals surface area contributed by atoms with Crippen LogP contribution in [0, 0.1) is 0 Å². The van der Waals surface area contributed by atoms with Crippen LogP contribution < -0.4 is 5.32 Å². The van der Waals surface area contributed by atoms with Crippen molar-refractivity contribution in [3.05, 3.63) is 21.9 Å². The Labute approximate surface area is 101 Å². The Morgan fingerprint density at radius 1 is 1.44 bits per heavy atom. The summed E-state index contributed by atoms with van der Waals surface area (Å²) in [6.07, 6.45) is 1.01. The molecule has 3 nitrogen and oxygen atoms in total. The van der Waals surface area contributed by atoms with Crippen molar-refractivity contribution >= 4 is 21.2 Å². The molecule has 0 saturated carbocycles. The zero-order valence-electron chi connectivity index (χ0n) is 9.56. The maximum absolute atomic E-state index is 11.7. The van der Waals surface area contributed by atoms with Gasteiger partial charge in [-0.2, -0.15) is 0 Å². The van der Waals surface area contributed by atoms with E-state index in [4.69, 9.17) is 0 Å². The molecular formula is C11H17NO2S2. The van der Waals surface area contributed by atoms with Gasteiger partial charge in [0.25, 0.3) is 0 Å². The van der Waals surface area contributed by atoms with Gasteiger partial charge in [-0.1, -0.05) is 6.92 Å². The minimum absolute atomic E-state index is 0.0148. The number of sulfone groups is 1. The Kier molecular flexibility index (Phi) is 3.37. The van der Waals surface area contributed by atoms with Gasteiger partial charge in [0.05, 0.1) is 17.5 Å². The minimum atomic E-state index is -2.88. The van der Waals surface area contributed by atoms with Gasteiger partial charge in [0.15, 0.2) is 9.84 Å². The molecule has 2 rings (SSSR count). The standard InChI is InChI=1S/C11H17NO2S2/c1-3-9-4-5-11(15-9)10-7-16(13,14)6-8(2)12-10/h4-5,8,10,12H,3,6-7H2,1-2H3. The predicted molar refractivity (Wildman–Crippen MR) is 67.7 cm³/mol. The Morgan fingerprint density at radius 3 is 2.75 bits per heavy atom. The van der Waals surface area contributed by atoms with Gasteiger partial charge < -0.3 is 5.32 Å². The van der Waals surface area contributed by atoms with Gasteiger partial charge in [-0.25, -0.2) is 8.42 Å². The molecule has 1 aromatic heterocycles. The summed E-state index contributed by atoms with van der Waals surface area (Å²) < 4.78 is 23.4. The third-order valence-electron chi connectivity index (χ3n) is 2.78. The maximum Gasteiger partial charge on any atom is 0.153 e. The summed E-state index contributed by atoms with van der Waals surface area (Å²) in [5.41, 5.74) is 0. The molecule has 16 heavy (non-hydrogen) atoms. The first kappa shape index (κ1) is 12.1. The fraction of sp³-hybridized carbons (Fsp3) is 0.636. The molecule has 90 valence electrons. The lowest BCUT2D eigenvalue weighted by Gasteiger charge is -2.28. The van der Waals surface area contributed by atoms with E-state index in [1.165, 1.54) is 4.88 Å². The Morgan fingerprint density at radius 2 is 2.19 bits per heavy atom. The molecule has 2 unspecified atom stereocenters. The van der Waals surface area contributed by atoms with Crippen molar-refractivity contribution in [2.75, 3.05) is 11.5 Å².